The Labute approximate surface area is 102 Å². The molecule has 0 bridgehead atoms. The van der Waals surface area contributed by atoms with Gasteiger partial charge >= 0.3 is 0 Å². The first-order valence-electron chi connectivity index (χ1n) is 5.82. The maximum Gasteiger partial charge on any atom is 0.123 e. The van der Waals surface area contributed by atoms with Crippen molar-refractivity contribution in [2.24, 2.45) is 0 Å². The Morgan fingerprint density at radius 2 is 2.06 bits per heavy atom. The van der Waals surface area contributed by atoms with Crippen molar-refractivity contribution < 1.29 is 9.13 Å². The van der Waals surface area contributed by atoms with Crippen molar-refractivity contribution >= 4 is 0 Å². The van der Waals surface area contributed by atoms with E-state index in [2.05, 4.69) is 24.5 Å². The number of methoxy groups -OCH3 is 1. The highest BCUT2D eigenvalue weighted by molar-refractivity contribution is 5.36. The second-order valence-corrected chi connectivity index (χ2v) is 4.29. The van der Waals surface area contributed by atoms with Crippen molar-refractivity contribution in [3.05, 3.63) is 29.6 Å². The Morgan fingerprint density at radius 1 is 1.35 bits per heavy atom. The quantitative estimate of drug-likeness (QED) is 0.799. The number of hydrogen-bond donors (Lipinski definition) is 2. The lowest BCUT2D eigenvalue weighted by Gasteiger charge is -2.21. The molecule has 0 amide bonds. The van der Waals surface area contributed by atoms with E-state index in [1.165, 1.54) is 12.1 Å². The van der Waals surface area contributed by atoms with Crippen LogP contribution in [0.15, 0.2) is 18.2 Å². The first kappa shape index (κ1) is 13.9. The summed E-state index contributed by atoms with van der Waals surface area (Å²) in [4.78, 5) is 0. The average Bonchev–Trinajstić information content (AvgIpc) is 2.30. The number of ether oxygens (including phenoxy) is 1. The van der Waals surface area contributed by atoms with Crippen LogP contribution in [-0.4, -0.2) is 26.7 Å². The van der Waals surface area contributed by atoms with Crippen LogP contribution in [0.3, 0.4) is 0 Å². The van der Waals surface area contributed by atoms with E-state index in [4.69, 9.17) is 4.74 Å². The molecule has 1 unspecified atom stereocenters. The van der Waals surface area contributed by atoms with Crippen molar-refractivity contribution in [2.45, 2.75) is 25.9 Å². The van der Waals surface area contributed by atoms with Gasteiger partial charge in [-0.3, -0.25) is 0 Å². The van der Waals surface area contributed by atoms with Crippen LogP contribution in [0.25, 0.3) is 0 Å². The third kappa shape index (κ3) is 3.98. The van der Waals surface area contributed by atoms with E-state index in [1.807, 2.05) is 7.05 Å². The number of benzene rings is 1. The van der Waals surface area contributed by atoms with Crippen molar-refractivity contribution in [3.63, 3.8) is 0 Å². The molecule has 2 N–H and O–H groups in total. The molecule has 0 saturated heterocycles. The summed E-state index contributed by atoms with van der Waals surface area (Å²) >= 11 is 0. The molecule has 96 valence electrons. The molecule has 4 heteroatoms. The molecule has 1 aromatic carbocycles. The van der Waals surface area contributed by atoms with Gasteiger partial charge in [0.15, 0.2) is 0 Å². The van der Waals surface area contributed by atoms with Crippen LogP contribution in [0, 0.1) is 5.82 Å². The van der Waals surface area contributed by atoms with Gasteiger partial charge in [-0.25, -0.2) is 4.39 Å². The molecule has 1 aromatic rings. The largest absolute Gasteiger partial charge is 0.496 e. The highest BCUT2D eigenvalue weighted by atomic mass is 19.1. The minimum Gasteiger partial charge on any atom is -0.496 e. The smallest absolute Gasteiger partial charge is 0.123 e. The summed E-state index contributed by atoms with van der Waals surface area (Å²) in [5.41, 5.74) is 0.836. The Morgan fingerprint density at radius 3 is 2.59 bits per heavy atom. The molecular weight excluding hydrogens is 219 g/mol. The van der Waals surface area contributed by atoms with Gasteiger partial charge in [0.1, 0.15) is 11.6 Å². The van der Waals surface area contributed by atoms with Crippen LogP contribution in [0.5, 0.6) is 5.75 Å². The van der Waals surface area contributed by atoms with Crippen LogP contribution in [-0.2, 0) is 0 Å². The highest BCUT2D eigenvalue weighted by Gasteiger charge is 2.15. The Bertz CT molecular complexity index is 355. The lowest BCUT2D eigenvalue weighted by Crippen LogP contribution is -2.33. The van der Waals surface area contributed by atoms with E-state index in [-0.39, 0.29) is 11.9 Å². The van der Waals surface area contributed by atoms with E-state index in [0.717, 1.165) is 12.1 Å². The second-order valence-electron chi connectivity index (χ2n) is 4.29. The van der Waals surface area contributed by atoms with Gasteiger partial charge in [-0.2, -0.15) is 0 Å². The second kappa shape index (κ2) is 6.57. The molecule has 0 aromatic heterocycles. The van der Waals surface area contributed by atoms with Crippen LogP contribution in [0.1, 0.15) is 25.5 Å². The monoisotopic (exact) mass is 240 g/mol. The molecule has 17 heavy (non-hydrogen) atoms. The SMILES string of the molecule is CNC(CNC(C)C)c1cc(F)ccc1OC. The summed E-state index contributed by atoms with van der Waals surface area (Å²) in [5, 5.41) is 6.49. The maximum absolute atomic E-state index is 13.3. The highest BCUT2D eigenvalue weighted by Crippen LogP contribution is 2.25. The third-order valence-electron chi connectivity index (χ3n) is 2.65. The van der Waals surface area contributed by atoms with Gasteiger partial charge < -0.3 is 15.4 Å². The van der Waals surface area contributed by atoms with Crippen molar-refractivity contribution in [3.8, 4) is 5.75 Å². The molecule has 0 aliphatic heterocycles. The summed E-state index contributed by atoms with van der Waals surface area (Å²) in [7, 11) is 3.45. The van der Waals surface area contributed by atoms with Crippen molar-refractivity contribution in [2.75, 3.05) is 20.7 Å². The van der Waals surface area contributed by atoms with Crippen molar-refractivity contribution in [1.29, 1.82) is 0 Å². The zero-order chi connectivity index (χ0) is 12.8. The molecule has 0 heterocycles. The summed E-state index contributed by atoms with van der Waals surface area (Å²) in [6, 6.07) is 5.01. The first-order chi connectivity index (χ1) is 8.08. The predicted octanol–water partition coefficient (Wildman–Crippen LogP) is 2.09. The van der Waals surface area contributed by atoms with E-state index >= 15 is 0 Å². The molecular formula is C13H21FN2O. The number of halogens is 1. The number of rotatable bonds is 6. The van der Waals surface area contributed by atoms with E-state index < -0.39 is 0 Å². The van der Waals surface area contributed by atoms with Crippen molar-refractivity contribution in [1.82, 2.24) is 10.6 Å². The number of nitrogens with one attached hydrogen (secondary N) is 2. The molecule has 0 spiro atoms. The molecule has 0 aliphatic carbocycles. The maximum atomic E-state index is 13.3. The fraction of sp³-hybridized carbons (Fsp3) is 0.538. The molecule has 0 aliphatic rings. The fourth-order valence-corrected chi connectivity index (χ4v) is 1.70. The van der Waals surface area contributed by atoms with Crippen LogP contribution < -0.4 is 15.4 Å². The van der Waals surface area contributed by atoms with Crippen LogP contribution in [0.2, 0.25) is 0 Å². The predicted molar refractivity (Wildman–Crippen MR) is 67.9 cm³/mol. The summed E-state index contributed by atoms with van der Waals surface area (Å²) in [6.07, 6.45) is 0. The first-order valence-corrected chi connectivity index (χ1v) is 5.82. The van der Waals surface area contributed by atoms with E-state index in [9.17, 15) is 4.39 Å². The molecule has 0 radical (unpaired) electrons. The zero-order valence-electron chi connectivity index (χ0n) is 10.9. The van der Waals surface area contributed by atoms with Crippen LogP contribution in [0.4, 0.5) is 4.39 Å². The van der Waals surface area contributed by atoms with Gasteiger partial charge in [0.2, 0.25) is 0 Å². The standard InChI is InChI=1S/C13H21FN2O/c1-9(2)16-8-12(15-3)11-7-10(14)5-6-13(11)17-4/h5-7,9,12,15-16H,8H2,1-4H3. The summed E-state index contributed by atoms with van der Waals surface area (Å²) < 4.78 is 18.5. The van der Waals surface area contributed by atoms with Gasteiger partial charge in [-0.05, 0) is 25.2 Å². The zero-order valence-corrected chi connectivity index (χ0v) is 10.9. The van der Waals surface area contributed by atoms with E-state index in [0.29, 0.717) is 11.8 Å². The molecule has 1 atom stereocenters. The molecule has 1 rings (SSSR count). The Hall–Kier alpha value is -1.13. The molecule has 0 fully saturated rings. The van der Waals surface area contributed by atoms with Crippen LogP contribution >= 0.6 is 0 Å². The van der Waals surface area contributed by atoms with Gasteiger partial charge in [0.05, 0.1) is 7.11 Å². The van der Waals surface area contributed by atoms with Gasteiger partial charge in [-0.1, -0.05) is 13.8 Å². The Kier molecular flexibility index (Phi) is 5.38. The fourth-order valence-electron chi connectivity index (χ4n) is 1.70. The normalized spacial score (nSPS) is 12.8. The summed E-state index contributed by atoms with van der Waals surface area (Å²) in [6.45, 7) is 4.89. The topological polar surface area (TPSA) is 33.3 Å². The minimum atomic E-state index is -0.245. The van der Waals surface area contributed by atoms with Gasteiger partial charge in [-0.15, -0.1) is 0 Å². The average molecular weight is 240 g/mol. The van der Waals surface area contributed by atoms with E-state index in [1.54, 1.807) is 13.2 Å². The Balaban J connectivity index is 2.89. The van der Waals surface area contributed by atoms with Gasteiger partial charge in [0, 0.05) is 24.2 Å². The third-order valence-corrected chi connectivity index (χ3v) is 2.65. The lowest BCUT2D eigenvalue weighted by atomic mass is 10.1. The lowest BCUT2D eigenvalue weighted by molar-refractivity contribution is 0.395. The minimum absolute atomic E-state index is 0.0306. The summed E-state index contributed by atoms with van der Waals surface area (Å²) in [5.74, 6) is 0.460. The number of likely N-dealkylation sites (N-methyl/N-ethyl adjacent to an activating group) is 1. The van der Waals surface area contributed by atoms with Gasteiger partial charge in [0.25, 0.3) is 0 Å². The molecule has 3 nitrogen and oxygen atoms in total. The number of hydrogen-bond acceptors (Lipinski definition) is 3. The molecule has 0 saturated carbocycles.